The number of benzene rings is 1. The zero-order valence-corrected chi connectivity index (χ0v) is 10.3. The average molecular weight is 221 g/mol. The largest absolute Gasteiger partial charge is 0.496 e. The number of ether oxygens (including phenoxy) is 1. The van der Waals surface area contributed by atoms with Crippen LogP contribution in [0.4, 0.5) is 0 Å². The molecule has 3 heteroatoms. The zero-order valence-electron chi connectivity index (χ0n) is 10.3. The second-order valence-corrected chi connectivity index (χ2v) is 4.11. The molecule has 0 saturated heterocycles. The van der Waals surface area contributed by atoms with E-state index in [0.29, 0.717) is 11.3 Å². The van der Waals surface area contributed by atoms with Gasteiger partial charge in [0.05, 0.1) is 18.7 Å². The van der Waals surface area contributed by atoms with Gasteiger partial charge in [-0.2, -0.15) is 0 Å². The van der Waals surface area contributed by atoms with Gasteiger partial charge in [-0.1, -0.05) is 26.0 Å². The van der Waals surface area contributed by atoms with E-state index in [1.54, 1.807) is 19.2 Å². The van der Waals surface area contributed by atoms with E-state index in [-0.39, 0.29) is 17.9 Å². The van der Waals surface area contributed by atoms with Crippen molar-refractivity contribution in [1.82, 2.24) is 5.32 Å². The highest BCUT2D eigenvalue weighted by Gasteiger charge is 2.18. The van der Waals surface area contributed by atoms with Crippen LogP contribution in [-0.2, 0) is 0 Å². The van der Waals surface area contributed by atoms with Gasteiger partial charge in [-0.3, -0.25) is 4.79 Å². The van der Waals surface area contributed by atoms with Gasteiger partial charge in [0.1, 0.15) is 5.75 Å². The number of carbonyl (C=O) groups is 1. The van der Waals surface area contributed by atoms with Gasteiger partial charge >= 0.3 is 0 Å². The van der Waals surface area contributed by atoms with Crippen LogP contribution in [-0.4, -0.2) is 25.0 Å². The molecule has 0 fully saturated rings. The smallest absolute Gasteiger partial charge is 0.183 e. The van der Waals surface area contributed by atoms with Crippen LogP contribution >= 0.6 is 0 Å². The first-order chi connectivity index (χ1) is 7.56. The van der Waals surface area contributed by atoms with Crippen molar-refractivity contribution < 1.29 is 9.53 Å². The Bertz CT molecular complexity index is 361. The molecule has 1 aromatic rings. The van der Waals surface area contributed by atoms with Crippen LogP contribution in [0.5, 0.6) is 5.75 Å². The van der Waals surface area contributed by atoms with Crippen LogP contribution in [0, 0.1) is 0 Å². The quantitative estimate of drug-likeness (QED) is 0.775. The van der Waals surface area contributed by atoms with Gasteiger partial charge in [0.15, 0.2) is 5.78 Å². The molecule has 1 rings (SSSR count). The third-order valence-electron chi connectivity index (χ3n) is 2.35. The molecule has 3 nitrogen and oxygen atoms in total. The summed E-state index contributed by atoms with van der Waals surface area (Å²) in [4.78, 5) is 12.1. The predicted octanol–water partition coefficient (Wildman–Crippen LogP) is 2.26. The molecule has 0 radical (unpaired) electrons. The van der Waals surface area contributed by atoms with E-state index in [1.165, 1.54) is 0 Å². The molecule has 1 aromatic carbocycles. The van der Waals surface area contributed by atoms with Crippen LogP contribution in [0.1, 0.15) is 31.1 Å². The van der Waals surface area contributed by atoms with E-state index >= 15 is 0 Å². The molecule has 0 saturated carbocycles. The SMILES string of the molecule is COc1ccccc1C(=O)C(C)NC(C)C. The van der Waals surface area contributed by atoms with Crippen LogP contribution in [0.2, 0.25) is 0 Å². The summed E-state index contributed by atoms with van der Waals surface area (Å²) in [6, 6.07) is 7.38. The fourth-order valence-electron chi connectivity index (χ4n) is 1.66. The Balaban J connectivity index is 2.87. The van der Waals surface area contributed by atoms with Crippen LogP contribution < -0.4 is 10.1 Å². The Kier molecular flexibility index (Phi) is 4.50. The van der Waals surface area contributed by atoms with Gasteiger partial charge in [-0.15, -0.1) is 0 Å². The number of hydrogen-bond donors (Lipinski definition) is 1. The zero-order chi connectivity index (χ0) is 12.1. The maximum absolute atomic E-state index is 12.1. The molecule has 0 amide bonds. The topological polar surface area (TPSA) is 38.3 Å². The molecule has 0 aliphatic rings. The van der Waals surface area contributed by atoms with Crippen LogP contribution in [0.25, 0.3) is 0 Å². The van der Waals surface area contributed by atoms with E-state index in [4.69, 9.17) is 4.74 Å². The first-order valence-electron chi connectivity index (χ1n) is 5.49. The van der Waals surface area contributed by atoms with Gasteiger partial charge in [0.2, 0.25) is 0 Å². The minimum atomic E-state index is -0.198. The summed E-state index contributed by atoms with van der Waals surface area (Å²) in [5.41, 5.74) is 0.630. The average Bonchev–Trinajstić information content (AvgIpc) is 2.27. The molecule has 0 bridgehead atoms. The Morgan fingerprint density at radius 3 is 2.44 bits per heavy atom. The molecule has 16 heavy (non-hydrogen) atoms. The van der Waals surface area contributed by atoms with Crippen LogP contribution in [0.15, 0.2) is 24.3 Å². The molecular weight excluding hydrogens is 202 g/mol. The first kappa shape index (κ1) is 12.7. The number of rotatable bonds is 5. The monoisotopic (exact) mass is 221 g/mol. The molecule has 0 aliphatic carbocycles. The number of ketones is 1. The van der Waals surface area contributed by atoms with Crippen molar-refractivity contribution >= 4 is 5.78 Å². The standard InChI is InChI=1S/C13H19NO2/c1-9(2)14-10(3)13(15)11-7-5-6-8-12(11)16-4/h5-10,14H,1-4H3. The van der Waals surface area contributed by atoms with Crippen molar-refractivity contribution in [1.29, 1.82) is 0 Å². The van der Waals surface area contributed by atoms with Crippen molar-refractivity contribution in [3.63, 3.8) is 0 Å². The van der Waals surface area contributed by atoms with Crippen molar-refractivity contribution in [2.24, 2.45) is 0 Å². The second-order valence-electron chi connectivity index (χ2n) is 4.11. The molecule has 1 unspecified atom stereocenters. The maximum atomic E-state index is 12.1. The summed E-state index contributed by atoms with van der Waals surface area (Å²) in [7, 11) is 1.58. The highest BCUT2D eigenvalue weighted by atomic mass is 16.5. The minimum absolute atomic E-state index is 0.0613. The Hall–Kier alpha value is -1.35. The van der Waals surface area contributed by atoms with Crippen molar-refractivity contribution in [3.8, 4) is 5.75 Å². The fraction of sp³-hybridized carbons (Fsp3) is 0.462. The summed E-state index contributed by atoms with van der Waals surface area (Å²) in [6.07, 6.45) is 0. The molecule has 0 aromatic heterocycles. The number of nitrogens with one attached hydrogen (secondary N) is 1. The summed E-state index contributed by atoms with van der Waals surface area (Å²) in [5.74, 6) is 0.691. The third kappa shape index (κ3) is 3.07. The van der Waals surface area contributed by atoms with E-state index < -0.39 is 0 Å². The lowest BCUT2D eigenvalue weighted by molar-refractivity contribution is 0.0943. The summed E-state index contributed by atoms with van der Waals surface area (Å²) in [6.45, 7) is 5.91. The van der Waals surface area contributed by atoms with Gasteiger partial charge < -0.3 is 10.1 Å². The van der Waals surface area contributed by atoms with E-state index in [9.17, 15) is 4.79 Å². The highest BCUT2D eigenvalue weighted by molar-refractivity contribution is 6.02. The summed E-state index contributed by atoms with van der Waals surface area (Å²) >= 11 is 0. The first-order valence-corrected chi connectivity index (χ1v) is 5.49. The molecule has 1 N–H and O–H groups in total. The molecular formula is C13H19NO2. The molecule has 88 valence electrons. The van der Waals surface area contributed by atoms with Crippen molar-refractivity contribution in [2.75, 3.05) is 7.11 Å². The van der Waals surface area contributed by atoms with E-state index in [2.05, 4.69) is 5.32 Å². The van der Waals surface area contributed by atoms with E-state index in [0.717, 1.165) is 0 Å². The third-order valence-corrected chi connectivity index (χ3v) is 2.35. The van der Waals surface area contributed by atoms with Crippen molar-refractivity contribution in [2.45, 2.75) is 32.9 Å². The number of hydrogen-bond acceptors (Lipinski definition) is 3. The number of carbonyl (C=O) groups excluding carboxylic acids is 1. The van der Waals surface area contributed by atoms with Crippen molar-refractivity contribution in [3.05, 3.63) is 29.8 Å². The Morgan fingerprint density at radius 2 is 1.88 bits per heavy atom. The Labute approximate surface area is 96.8 Å². The minimum Gasteiger partial charge on any atom is -0.496 e. The lowest BCUT2D eigenvalue weighted by atomic mass is 10.0. The normalized spacial score (nSPS) is 12.6. The molecule has 0 heterocycles. The van der Waals surface area contributed by atoms with Crippen LogP contribution in [0.3, 0.4) is 0 Å². The molecule has 0 aliphatic heterocycles. The van der Waals surface area contributed by atoms with Gasteiger partial charge in [0, 0.05) is 6.04 Å². The van der Waals surface area contributed by atoms with Gasteiger partial charge in [-0.25, -0.2) is 0 Å². The van der Waals surface area contributed by atoms with Gasteiger partial charge in [-0.05, 0) is 19.1 Å². The second kappa shape index (κ2) is 5.66. The summed E-state index contributed by atoms with van der Waals surface area (Å²) in [5, 5.41) is 3.19. The molecule has 0 spiro atoms. The highest BCUT2D eigenvalue weighted by Crippen LogP contribution is 2.19. The Morgan fingerprint density at radius 1 is 1.25 bits per heavy atom. The number of Topliss-reactive ketones (excluding diaryl/α,β-unsaturated/α-hetero) is 1. The van der Waals surface area contributed by atoms with Gasteiger partial charge in [0.25, 0.3) is 0 Å². The lowest BCUT2D eigenvalue weighted by Gasteiger charge is -2.16. The summed E-state index contributed by atoms with van der Waals surface area (Å²) < 4.78 is 5.17. The maximum Gasteiger partial charge on any atom is 0.183 e. The lowest BCUT2D eigenvalue weighted by Crippen LogP contribution is -2.38. The van der Waals surface area contributed by atoms with E-state index in [1.807, 2.05) is 32.9 Å². The fourth-order valence-corrected chi connectivity index (χ4v) is 1.66. The number of methoxy groups -OCH3 is 1. The predicted molar refractivity (Wildman–Crippen MR) is 65.1 cm³/mol. The molecule has 1 atom stereocenters. The number of para-hydroxylation sites is 1.